The first-order valence-corrected chi connectivity index (χ1v) is 6.25. The molecule has 1 saturated heterocycles. The van der Waals surface area contributed by atoms with Gasteiger partial charge in [-0.15, -0.1) is 0 Å². The maximum atomic E-state index is 11.7. The summed E-state index contributed by atoms with van der Waals surface area (Å²) < 4.78 is 0. The van der Waals surface area contributed by atoms with Gasteiger partial charge in [0.15, 0.2) is 5.78 Å². The van der Waals surface area contributed by atoms with Crippen molar-refractivity contribution in [2.75, 3.05) is 32.7 Å². The minimum atomic E-state index is 0.0268. The van der Waals surface area contributed by atoms with Gasteiger partial charge in [0.2, 0.25) is 5.91 Å². The third kappa shape index (κ3) is 4.30. The molecule has 0 aliphatic carbocycles. The molecule has 0 aromatic carbocycles. The van der Waals surface area contributed by atoms with Crippen LogP contribution >= 0.6 is 0 Å². The molecule has 4 heteroatoms. The van der Waals surface area contributed by atoms with E-state index in [1.165, 1.54) is 0 Å². The molecule has 0 radical (unpaired) electrons. The summed E-state index contributed by atoms with van der Waals surface area (Å²) in [6.45, 7) is 9.46. The molecule has 0 unspecified atom stereocenters. The molecule has 1 heterocycles. The van der Waals surface area contributed by atoms with E-state index in [0.29, 0.717) is 13.1 Å². The fourth-order valence-electron chi connectivity index (χ4n) is 1.71. The van der Waals surface area contributed by atoms with Crippen molar-refractivity contribution < 1.29 is 9.59 Å². The van der Waals surface area contributed by atoms with E-state index in [0.717, 1.165) is 19.6 Å². The van der Waals surface area contributed by atoms with Gasteiger partial charge in [-0.05, 0) is 12.6 Å². The molecule has 0 bridgehead atoms. The van der Waals surface area contributed by atoms with Crippen molar-refractivity contribution in [1.82, 2.24) is 9.80 Å². The zero-order chi connectivity index (χ0) is 12.8. The smallest absolute Gasteiger partial charge is 0.237 e. The number of allylic oxidation sites excluding steroid dienone is 1. The lowest BCUT2D eigenvalue weighted by molar-refractivity contribution is -0.135. The van der Waals surface area contributed by atoms with Crippen LogP contribution in [0.4, 0.5) is 0 Å². The Morgan fingerprint density at radius 2 is 2.12 bits per heavy atom. The van der Waals surface area contributed by atoms with Crippen LogP contribution in [0.15, 0.2) is 12.2 Å². The second-order valence-electron chi connectivity index (χ2n) is 4.67. The summed E-state index contributed by atoms with van der Waals surface area (Å²) in [5.74, 6) is 0.295. The van der Waals surface area contributed by atoms with E-state index in [1.54, 1.807) is 17.1 Å². The van der Waals surface area contributed by atoms with E-state index in [9.17, 15) is 9.59 Å². The molecule has 0 aromatic heterocycles. The van der Waals surface area contributed by atoms with Crippen LogP contribution in [-0.4, -0.2) is 54.2 Å². The predicted molar refractivity (Wildman–Crippen MR) is 67.7 cm³/mol. The number of carbonyl (C=O) groups is 2. The van der Waals surface area contributed by atoms with Gasteiger partial charge in [-0.3, -0.25) is 14.5 Å². The Bertz CT molecular complexity index is 311. The monoisotopic (exact) mass is 238 g/mol. The molecule has 0 N–H and O–H groups in total. The van der Waals surface area contributed by atoms with E-state index >= 15 is 0 Å². The van der Waals surface area contributed by atoms with E-state index in [2.05, 4.69) is 11.8 Å². The highest BCUT2D eigenvalue weighted by Crippen LogP contribution is 2.03. The van der Waals surface area contributed by atoms with Crippen LogP contribution in [0.5, 0.6) is 0 Å². The minimum Gasteiger partial charge on any atom is -0.337 e. The third-order valence-corrected chi connectivity index (χ3v) is 3.02. The van der Waals surface area contributed by atoms with Crippen molar-refractivity contribution in [3.05, 3.63) is 12.2 Å². The SMILES string of the molecule is CCN1CCN(C/C=C/C(=O)C(C)C)C(=O)C1. The van der Waals surface area contributed by atoms with Gasteiger partial charge >= 0.3 is 0 Å². The summed E-state index contributed by atoms with van der Waals surface area (Å²) in [7, 11) is 0. The molecule has 1 rings (SSSR count). The first-order valence-electron chi connectivity index (χ1n) is 6.25. The lowest BCUT2D eigenvalue weighted by Gasteiger charge is -2.32. The van der Waals surface area contributed by atoms with Gasteiger partial charge in [-0.25, -0.2) is 0 Å². The van der Waals surface area contributed by atoms with E-state index < -0.39 is 0 Å². The van der Waals surface area contributed by atoms with Crippen molar-refractivity contribution >= 4 is 11.7 Å². The molecule has 1 amide bonds. The molecular weight excluding hydrogens is 216 g/mol. The summed E-state index contributed by atoms with van der Waals surface area (Å²) in [4.78, 5) is 27.0. The zero-order valence-corrected chi connectivity index (χ0v) is 11.0. The molecule has 0 spiro atoms. The van der Waals surface area contributed by atoms with Crippen LogP contribution in [-0.2, 0) is 9.59 Å². The van der Waals surface area contributed by atoms with E-state index in [4.69, 9.17) is 0 Å². The second kappa shape index (κ2) is 6.55. The Hall–Kier alpha value is -1.16. The van der Waals surface area contributed by atoms with E-state index in [-0.39, 0.29) is 17.6 Å². The van der Waals surface area contributed by atoms with Gasteiger partial charge in [-0.1, -0.05) is 26.8 Å². The molecule has 96 valence electrons. The lowest BCUT2D eigenvalue weighted by atomic mass is 10.1. The maximum absolute atomic E-state index is 11.7. The number of likely N-dealkylation sites (N-methyl/N-ethyl adjacent to an activating group) is 1. The summed E-state index contributed by atoms with van der Waals surface area (Å²) in [5.41, 5.74) is 0. The molecule has 1 aliphatic rings. The van der Waals surface area contributed by atoms with Gasteiger partial charge in [0.1, 0.15) is 0 Å². The molecule has 0 saturated carbocycles. The van der Waals surface area contributed by atoms with E-state index in [1.807, 2.05) is 13.8 Å². The molecule has 17 heavy (non-hydrogen) atoms. The fraction of sp³-hybridized carbons (Fsp3) is 0.692. The number of carbonyl (C=O) groups excluding carboxylic acids is 2. The van der Waals surface area contributed by atoms with Crippen LogP contribution in [0.3, 0.4) is 0 Å². The van der Waals surface area contributed by atoms with Gasteiger partial charge in [0.05, 0.1) is 6.54 Å². The number of rotatable bonds is 5. The number of ketones is 1. The van der Waals surface area contributed by atoms with Crippen LogP contribution in [0, 0.1) is 5.92 Å². The average molecular weight is 238 g/mol. The van der Waals surface area contributed by atoms with Crippen LogP contribution in [0.25, 0.3) is 0 Å². The molecular formula is C13H22N2O2. The van der Waals surface area contributed by atoms with Crippen LogP contribution in [0.2, 0.25) is 0 Å². The normalized spacial score (nSPS) is 18.4. The second-order valence-corrected chi connectivity index (χ2v) is 4.67. The first-order chi connectivity index (χ1) is 8.04. The van der Waals surface area contributed by atoms with Crippen LogP contribution < -0.4 is 0 Å². The predicted octanol–water partition coefficient (Wildman–Crippen LogP) is 0.932. The van der Waals surface area contributed by atoms with Gasteiger partial charge in [-0.2, -0.15) is 0 Å². The standard InChI is InChI=1S/C13H22N2O2/c1-4-14-8-9-15(13(17)10-14)7-5-6-12(16)11(2)3/h5-6,11H,4,7-10H2,1-3H3/b6-5+. The number of piperazine rings is 1. The zero-order valence-electron chi connectivity index (χ0n) is 11.0. The number of hydrogen-bond acceptors (Lipinski definition) is 3. The Morgan fingerprint density at radius 3 is 2.65 bits per heavy atom. The van der Waals surface area contributed by atoms with Gasteiger partial charge in [0.25, 0.3) is 0 Å². The fourth-order valence-corrected chi connectivity index (χ4v) is 1.71. The third-order valence-electron chi connectivity index (χ3n) is 3.02. The molecule has 1 fully saturated rings. The Kier molecular flexibility index (Phi) is 5.35. The summed E-state index contributed by atoms with van der Waals surface area (Å²) in [6.07, 6.45) is 3.38. The minimum absolute atomic E-state index is 0.0268. The van der Waals surface area contributed by atoms with Crippen molar-refractivity contribution in [1.29, 1.82) is 0 Å². The molecule has 4 nitrogen and oxygen atoms in total. The molecule has 0 aromatic rings. The van der Waals surface area contributed by atoms with Crippen molar-refractivity contribution in [2.24, 2.45) is 5.92 Å². The highest BCUT2D eigenvalue weighted by molar-refractivity contribution is 5.91. The number of hydrogen-bond donors (Lipinski definition) is 0. The lowest BCUT2D eigenvalue weighted by Crippen LogP contribution is -2.50. The molecule has 0 atom stereocenters. The average Bonchev–Trinajstić information content (AvgIpc) is 2.30. The van der Waals surface area contributed by atoms with Crippen molar-refractivity contribution in [3.63, 3.8) is 0 Å². The largest absolute Gasteiger partial charge is 0.337 e. The van der Waals surface area contributed by atoms with Gasteiger partial charge < -0.3 is 4.90 Å². The summed E-state index contributed by atoms with van der Waals surface area (Å²) >= 11 is 0. The number of nitrogens with zero attached hydrogens (tertiary/aromatic N) is 2. The maximum Gasteiger partial charge on any atom is 0.237 e. The van der Waals surface area contributed by atoms with Crippen molar-refractivity contribution in [3.8, 4) is 0 Å². The summed E-state index contributed by atoms with van der Waals surface area (Å²) in [5, 5.41) is 0. The Morgan fingerprint density at radius 1 is 1.41 bits per heavy atom. The Balaban J connectivity index is 2.38. The van der Waals surface area contributed by atoms with Crippen molar-refractivity contribution in [2.45, 2.75) is 20.8 Å². The first kappa shape index (κ1) is 13.9. The highest BCUT2D eigenvalue weighted by Gasteiger charge is 2.21. The topological polar surface area (TPSA) is 40.6 Å². The molecule has 1 aliphatic heterocycles. The van der Waals surface area contributed by atoms with Gasteiger partial charge in [0, 0.05) is 25.6 Å². The summed E-state index contributed by atoms with van der Waals surface area (Å²) in [6, 6.07) is 0. The quantitative estimate of drug-likeness (QED) is 0.669. The Labute approximate surface area is 103 Å². The highest BCUT2D eigenvalue weighted by atomic mass is 16.2. The number of amides is 1. The van der Waals surface area contributed by atoms with Crippen LogP contribution in [0.1, 0.15) is 20.8 Å².